The molecule has 0 aliphatic rings. The Morgan fingerprint density at radius 2 is 1.69 bits per heavy atom. The monoisotopic (exact) mass is 472 g/mol. The Labute approximate surface area is 202 Å². The van der Waals surface area contributed by atoms with Gasteiger partial charge in [-0.25, -0.2) is 0 Å². The molecule has 0 spiro atoms. The minimum atomic E-state index is -0.551. The number of nitro groups is 1. The van der Waals surface area contributed by atoms with Crippen LogP contribution in [0.25, 0.3) is 0 Å². The Balaban J connectivity index is 1.48. The lowest BCUT2D eigenvalue weighted by atomic mass is 10.1. The van der Waals surface area contributed by atoms with E-state index in [4.69, 9.17) is 13.9 Å². The fraction of sp³-hybridized carbons (Fsp3) is 0.148. The average molecular weight is 472 g/mol. The number of aryl methyl sites for hydroxylation is 3. The number of nitro benzene ring substituents is 1. The van der Waals surface area contributed by atoms with Gasteiger partial charge >= 0.3 is 0 Å². The smallest absolute Gasteiger partial charge is 0.291 e. The van der Waals surface area contributed by atoms with Crippen LogP contribution in [0.1, 0.15) is 33.0 Å². The molecule has 0 saturated heterocycles. The molecule has 1 amide bonds. The summed E-state index contributed by atoms with van der Waals surface area (Å²) in [5.41, 5.74) is 2.98. The molecule has 0 aliphatic carbocycles. The molecule has 178 valence electrons. The van der Waals surface area contributed by atoms with Crippen molar-refractivity contribution in [1.82, 2.24) is 0 Å². The van der Waals surface area contributed by atoms with Gasteiger partial charge in [0.1, 0.15) is 29.6 Å². The van der Waals surface area contributed by atoms with Gasteiger partial charge in [0.15, 0.2) is 5.76 Å². The Kier molecular flexibility index (Phi) is 6.82. The molecular weight excluding hydrogens is 448 g/mol. The van der Waals surface area contributed by atoms with Crippen LogP contribution >= 0.6 is 0 Å². The number of ether oxygens (including phenoxy) is 2. The normalized spacial score (nSPS) is 10.6. The number of rotatable bonds is 8. The molecule has 35 heavy (non-hydrogen) atoms. The molecule has 3 aromatic carbocycles. The number of furan rings is 1. The lowest BCUT2D eigenvalue weighted by Gasteiger charge is -2.10. The summed E-state index contributed by atoms with van der Waals surface area (Å²) < 4.78 is 17.3. The van der Waals surface area contributed by atoms with Crippen LogP contribution in [-0.4, -0.2) is 10.8 Å². The van der Waals surface area contributed by atoms with Crippen molar-refractivity contribution < 1.29 is 23.6 Å². The van der Waals surface area contributed by atoms with E-state index in [0.29, 0.717) is 11.5 Å². The van der Waals surface area contributed by atoms with Crippen molar-refractivity contribution in [3.05, 3.63) is 111 Å². The van der Waals surface area contributed by atoms with E-state index in [0.717, 1.165) is 22.4 Å². The predicted octanol–water partition coefficient (Wildman–Crippen LogP) is 6.74. The number of carbonyl (C=O) groups is 1. The van der Waals surface area contributed by atoms with Crippen LogP contribution in [0.15, 0.2) is 77.2 Å². The fourth-order valence-corrected chi connectivity index (χ4v) is 3.58. The number of benzene rings is 3. The van der Waals surface area contributed by atoms with Gasteiger partial charge in [0.05, 0.1) is 16.7 Å². The highest BCUT2D eigenvalue weighted by molar-refractivity contribution is 6.02. The van der Waals surface area contributed by atoms with Gasteiger partial charge in [-0.3, -0.25) is 14.9 Å². The Morgan fingerprint density at radius 1 is 0.943 bits per heavy atom. The van der Waals surface area contributed by atoms with Crippen molar-refractivity contribution in [1.29, 1.82) is 0 Å². The van der Waals surface area contributed by atoms with Crippen molar-refractivity contribution in [2.75, 3.05) is 5.32 Å². The third-order valence-corrected chi connectivity index (χ3v) is 5.24. The molecule has 0 aliphatic heterocycles. The van der Waals surface area contributed by atoms with E-state index >= 15 is 0 Å². The van der Waals surface area contributed by atoms with E-state index in [1.165, 1.54) is 24.3 Å². The SMILES string of the molecule is Cc1cccc(Oc2cc(NC(=O)c3ccc(COc4c(C)cccc4C)o3)cc([N+](=O)[O-])c2)c1. The summed E-state index contributed by atoms with van der Waals surface area (Å²) in [4.78, 5) is 23.6. The molecule has 0 radical (unpaired) electrons. The van der Waals surface area contributed by atoms with Crippen LogP contribution in [0.3, 0.4) is 0 Å². The lowest BCUT2D eigenvalue weighted by molar-refractivity contribution is -0.384. The van der Waals surface area contributed by atoms with Crippen molar-refractivity contribution >= 4 is 17.3 Å². The Bertz CT molecular complexity index is 1370. The summed E-state index contributed by atoms with van der Waals surface area (Å²) in [5, 5.41) is 14.1. The van der Waals surface area contributed by atoms with E-state index in [1.807, 2.05) is 57.2 Å². The summed E-state index contributed by atoms with van der Waals surface area (Å²) in [6.07, 6.45) is 0. The van der Waals surface area contributed by atoms with Crippen LogP contribution in [0.4, 0.5) is 11.4 Å². The van der Waals surface area contributed by atoms with E-state index in [1.54, 1.807) is 12.1 Å². The van der Waals surface area contributed by atoms with Gasteiger partial charge in [0, 0.05) is 12.1 Å². The third-order valence-electron chi connectivity index (χ3n) is 5.24. The molecule has 4 aromatic rings. The largest absolute Gasteiger partial charge is 0.485 e. The number of anilines is 1. The number of nitrogens with zero attached hydrogens (tertiary/aromatic N) is 1. The maximum Gasteiger partial charge on any atom is 0.291 e. The zero-order valence-electron chi connectivity index (χ0n) is 19.5. The number of hydrogen-bond acceptors (Lipinski definition) is 6. The zero-order chi connectivity index (χ0) is 24.9. The van der Waals surface area contributed by atoms with Crippen molar-refractivity contribution in [2.24, 2.45) is 0 Å². The molecule has 1 aromatic heterocycles. The summed E-state index contributed by atoms with van der Waals surface area (Å²) in [7, 11) is 0. The standard InChI is InChI=1S/C27H24N2O6/c1-17-6-4-9-22(12-17)34-24-14-20(13-21(15-24)29(31)32)28-27(30)25-11-10-23(35-25)16-33-26-18(2)7-5-8-19(26)3/h4-15H,16H2,1-3H3,(H,28,30). The minimum absolute atomic E-state index is 0.0535. The van der Waals surface area contributed by atoms with Gasteiger partial charge in [-0.2, -0.15) is 0 Å². The molecule has 4 rings (SSSR count). The van der Waals surface area contributed by atoms with Gasteiger partial charge < -0.3 is 19.2 Å². The molecule has 0 saturated carbocycles. The highest BCUT2D eigenvalue weighted by Gasteiger charge is 2.17. The molecule has 0 fully saturated rings. The Morgan fingerprint density at radius 3 is 2.40 bits per heavy atom. The Hall–Kier alpha value is -4.59. The first-order valence-electron chi connectivity index (χ1n) is 10.9. The van der Waals surface area contributed by atoms with Gasteiger partial charge in [0.2, 0.25) is 0 Å². The number of para-hydroxylation sites is 1. The van der Waals surface area contributed by atoms with Crippen LogP contribution in [0, 0.1) is 30.9 Å². The highest BCUT2D eigenvalue weighted by atomic mass is 16.6. The second-order valence-corrected chi connectivity index (χ2v) is 8.12. The van der Waals surface area contributed by atoms with E-state index in [-0.39, 0.29) is 29.5 Å². The van der Waals surface area contributed by atoms with E-state index in [2.05, 4.69) is 5.32 Å². The van der Waals surface area contributed by atoms with Gasteiger partial charge in [-0.15, -0.1) is 0 Å². The zero-order valence-corrected chi connectivity index (χ0v) is 19.5. The molecule has 0 unspecified atom stereocenters. The number of amides is 1. The molecule has 8 heteroatoms. The fourth-order valence-electron chi connectivity index (χ4n) is 3.58. The summed E-state index contributed by atoms with van der Waals surface area (Å²) in [5.74, 6) is 1.50. The maximum atomic E-state index is 12.7. The quantitative estimate of drug-likeness (QED) is 0.225. The first kappa shape index (κ1) is 23.6. The minimum Gasteiger partial charge on any atom is -0.485 e. The average Bonchev–Trinajstić information content (AvgIpc) is 3.28. The van der Waals surface area contributed by atoms with Crippen LogP contribution in [0.2, 0.25) is 0 Å². The third kappa shape index (κ3) is 5.86. The molecule has 0 atom stereocenters. The first-order valence-corrected chi connectivity index (χ1v) is 10.9. The van der Waals surface area contributed by atoms with Crippen LogP contribution in [-0.2, 0) is 6.61 Å². The highest BCUT2D eigenvalue weighted by Crippen LogP contribution is 2.30. The molecular formula is C27H24N2O6. The lowest BCUT2D eigenvalue weighted by Crippen LogP contribution is -2.11. The second kappa shape index (κ2) is 10.1. The van der Waals surface area contributed by atoms with E-state index in [9.17, 15) is 14.9 Å². The maximum absolute atomic E-state index is 12.7. The predicted molar refractivity (Wildman–Crippen MR) is 131 cm³/mol. The topological polar surface area (TPSA) is 104 Å². The summed E-state index contributed by atoms with van der Waals surface area (Å²) in [6, 6.07) is 20.4. The van der Waals surface area contributed by atoms with Crippen LogP contribution in [0.5, 0.6) is 17.2 Å². The van der Waals surface area contributed by atoms with Gasteiger partial charge in [0.25, 0.3) is 11.6 Å². The van der Waals surface area contributed by atoms with Crippen LogP contribution < -0.4 is 14.8 Å². The number of carbonyl (C=O) groups excluding carboxylic acids is 1. The van der Waals surface area contributed by atoms with Crippen molar-refractivity contribution in [3.63, 3.8) is 0 Å². The summed E-state index contributed by atoms with van der Waals surface area (Å²) >= 11 is 0. The first-order chi connectivity index (χ1) is 16.8. The number of non-ortho nitro benzene ring substituents is 1. The molecule has 8 nitrogen and oxygen atoms in total. The van der Waals surface area contributed by atoms with Gasteiger partial charge in [-0.05, 0) is 61.7 Å². The van der Waals surface area contributed by atoms with Gasteiger partial charge in [-0.1, -0.05) is 30.3 Å². The molecule has 1 heterocycles. The van der Waals surface area contributed by atoms with Crippen molar-refractivity contribution in [2.45, 2.75) is 27.4 Å². The number of hydrogen-bond donors (Lipinski definition) is 1. The second-order valence-electron chi connectivity index (χ2n) is 8.12. The molecule has 0 bridgehead atoms. The van der Waals surface area contributed by atoms with E-state index < -0.39 is 10.8 Å². The van der Waals surface area contributed by atoms with Crippen molar-refractivity contribution in [3.8, 4) is 17.2 Å². The molecule has 1 N–H and O–H groups in total. The summed E-state index contributed by atoms with van der Waals surface area (Å²) in [6.45, 7) is 5.99. The number of nitrogens with one attached hydrogen (secondary N) is 1.